The summed E-state index contributed by atoms with van der Waals surface area (Å²) in [5.74, 6) is 0.969. The number of sulfonamides is 1. The van der Waals surface area contributed by atoms with Gasteiger partial charge in [0, 0.05) is 19.2 Å². The molecule has 2 aromatic carbocycles. The standard InChI is InChI=1S/C24H28N4O6S/c1-16-8-10-28(11-9-16)35(31,32)18-5-6-20-19(13-18)24(30)27(15-25-20)14-23(29)26-21-12-17(33-2)4-7-22(21)34-3/h4-7,12-13,15-16H,8-11,14H2,1-3H3,(H,26,29). The van der Waals surface area contributed by atoms with E-state index in [9.17, 15) is 18.0 Å². The Morgan fingerprint density at radius 1 is 1.11 bits per heavy atom. The van der Waals surface area contributed by atoms with Crippen LogP contribution in [0.1, 0.15) is 19.8 Å². The highest BCUT2D eigenvalue weighted by atomic mass is 32.2. The number of hydrogen-bond acceptors (Lipinski definition) is 7. The summed E-state index contributed by atoms with van der Waals surface area (Å²) in [6, 6.07) is 9.29. The van der Waals surface area contributed by atoms with Gasteiger partial charge < -0.3 is 14.8 Å². The topological polar surface area (TPSA) is 120 Å². The first kappa shape index (κ1) is 24.7. The molecule has 10 nitrogen and oxygen atoms in total. The van der Waals surface area contributed by atoms with Crippen LogP contribution in [-0.2, 0) is 21.4 Å². The molecule has 1 aliphatic heterocycles. The number of hydrogen-bond donors (Lipinski definition) is 1. The number of carbonyl (C=O) groups is 1. The fourth-order valence-corrected chi connectivity index (χ4v) is 5.54. The summed E-state index contributed by atoms with van der Waals surface area (Å²) >= 11 is 0. The van der Waals surface area contributed by atoms with Gasteiger partial charge in [0.15, 0.2) is 0 Å². The lowest BCUT2D eigenvalue weighted by molar-refractivity contribution is -0.116. The first-order valence-corrected chi connectivity index (χ1v) is 12.7. The number of amides is 1. The summed E-state index contributed by atoms with van der Waals surface area (Å²) in [5.41, 5.74) is 0.238. The first-order chi connectivity index (χ1) is 16.7. The maximum absolute atomic E-state index is 13.1. The van der Waals surface area contributed by atoms with Crippen molar-refractivity contribution in [2.24, 2.45) is 5.92 Å². The minimum absolute atomic E-state index is 0.0433. The molecule has 0 bridgehead atoms. The Morgan fingerprint density at radius 2 is 1.86 bits per heavy atom. The molecule has 3 aromatic rings. The van der Waals surface area contributed by atoms with Crippen molar-refractivity contribution >= 4 is 32.5 Å². The van der Waals surface area contributed by atoms with Crippen molar-refractivity contribution in [1.82, 2.24) is 13.9 Å². The highest BCUT2D eigenvalue weighted by Gasteiger charge is 2.28. The molecule has 2 heterocycles. The van der Waals surface area contributed by atoms with Crippen LogP contribution in [0.4, 0.5) is 5.69 Å². The zero-order chi connectivity index (χ0) is 25.2. The molecular weight excluding hydrogens is 472 g/mol. The lowest BCUT2D eigenvalue weighted by Crippen LogP contribution is -2.38. The van der Waals surface area contributed by atoms with E-state index in [0.29, 0.717) is 41.7 Å². The number of anilines is 1. The van der Waals surface area contributed by atoms with Crippen molar-refractivity contribution in [2.45, 2.75) is 31.2 Å². The first-order valence-electron chi connectivity index (χ1n) is 11.2. The average Bonchev–Trinajstić information content (AvgIpc) is 2.85. The Morgan fingerprint density at radius 3 is 2.54 bits per heavy atom. The van der Waals surface area contributed by atoms with E-state index in [1.165, 1.54) is 43.1 Å². The molecule has 186 valence electrons. The summed E-state index contributed by atoms with van der Waals surface area (Å²) in [6.45, 7) is 2.69. The van der Waals surface area contributed by atoms with Crippen molar-refractivity contribution in [2.75, 3.05) is 32.6 Å². The van der Waals surface area contributed by atoms with Gasteiger partial charge in [-0.3, -0.25) is 14.2 Å². The molecule has 0 unspecified atom stereocenters. The molecule has 0 radical (unpaired) electrons. The highest BCUT2D eigenvalue weighted by molar-refractivity contribution is 7.89. The number of methoxy groups -OCH3 is 2. The van der Waals surface area contributed by atoms with Crippen molar-refractivity contribution in [3.8, 4) is 11.5 Å². The van der Waals surface area contributed by atoms with Crippen LogP contribution in [0.2, 0.25) is 0 Å². The molecular formula is C24H28N4O6S. The number of nitrogens with one attached hydrogen (secondary N) is 1. The average molecular weight is 501 g/mol. The molecule has 0 atom stereocenters. The summed E-state index contributed by atoms with van der Waals surface area (Å²) in [7, 11) is -0.747. The molecule has 1 N–H and O–H groups in total. The summed E-state index contributed by atoms with van der Waals surface area (Å²) in [4.78, 5) is 30.1. The third-order valence-electron chi connectivity index (χ3n) is 6.17. The van der Waals surface area contributed by atoms with Gasteiger partial charge in [-0.1, -0.05) is 6.92 Å². The molecule has 1 fully saturated rings. The Bertz CT molecular complexity index is 1410. The predicted octanol–water partition coefficient (Wildman–Crippen LogP) is 2.47. The van der Waals surface area contributed by atoms with E-state index < -0.39 is 21.5 Å². The fraction of sp³-hybridized carbons (Fsp3) is 0.375. The van der Waals surface area contributed by atoms with E-state index in [-0.39, 0.29) is 16.8 Å². The molecule has 1 aliphatic rings. The monoisotopic (exact) mass is 500 g/mol. The zero-order valence-corrected chi connectivity index (χ0v) is 20.7. The molecule has 0 aliphatic carbocycles. The number of carbonyl (C=O) groups excluding carboxylic acids is 1. The van der Waals surface area contributed by atoms with Crippen LogP contribution >= 0.6 is 0 Å². The highest BCUT2D eigenvalue weighted by Crippen LogP contribution is 2.29. The maximum Gasteiger partial charge on any atom is 0.261 e. The van der Waals surface area contributed by atoms with Crippen LogP contribution in [0.25, 0.3) is 10.9 Å². The van der Waals surface area contributed by atoms with Gasteiger partial charge in [0.05, 0.1) is 42.0 Å². The zero-order valence-electron chi connectivity index (χ0n) is 19.9. The Hall–Kier alpha value is -3.44. The Balaban J connectivity index is 1.60. The SMILES string of the molecule is COc1ccc(OC)c(NC(=O)Cn2cnc3ccc(S(=O)(=O)N4CCC(C)CC4)cc3c2=O)c1. The number of benzene rings is 2. The van der Waals surface area contributed by atoms with Gasteiger partial charge in [-0.2, -0.15) is 4.31 Å². The second kappa shape index (κ2) is 10.0. The third-order valence-corrected chi connectivity index (χ3v) is 8.07. The van der Waals surface area contributed by atoms with Gasteiger partial charge in [-0.25, -0.2) is 13.4 Å². The fourth-order valence-electron chi connectivity index (χ4n) is 4.04. The van der Waals surface area contributed by atoms with Crippen LogP contribution in [0.15, 0.2) is 52.4 Å². The normalized spacial score (nSPS) is 15.2. The van der Waals surface area contributed by atoms with E-state index in [1.54, 1.807) is 18.2 Å². The second-order valence-corrected chi connectivity index (χ2v) is 10.5. The smallest absolute Gasteiger partial charge is 0.261 e. The van der Waals surface area contributed by atoms with Crippen molar-refractivity contribution in [1.29, 1.82) is 0 Å². The van der Waals surface area contributed by atoms with Crippen molar-refractivity contribution in [3.05, 3.63) is 53.1 Å². The number of piperidine rings is 1. The van der Waals surface area contributed by atoms with Gasteiger partial charge in [0.25, 0.3) is 5.56 Å². The summed E-state index contributed by atoms with van der Waals surface area (Å²) in [5, 5.41) is 2.84. The molecule has 0 spiro atoms. The Kier molecular flexibility index (Phi) is 7.08. The van der Waals surface area contributed by atoms with Crippen LogP contribution in [0, 0.1) is 5.92 Å². The van der Waals surface area contributed by atoms with Gasteiger partial charge in [0.2, 0.25) is 15.9 Å². The van der Waals surface area contributed by atoms with Crippen LogP contribution in [0.3, 0.4) is 0 Å². The minimum atomic E-state index is -3.73. The molecule has 1 saturated heterocycles. The van der Waals surface area contributed by atoms with E-state index in [2.05, 4.69) is 17.2 Å². The molecule has 35 heavy (non-hydrogen) atoms. The predicted molar refractivity (Wildman–Crippen MR) is 131 cm³/mol. The lowest BCUT2D eigenvalue weighted by atomic mass is 10.0. The van der Waals surface area contributed by atoms with Gasteiger partial charge in [0.1, 0.15) is 18.0 Å². The largest absolute Gasteiger partial charge is 0.497 e. The van der Waals surface area contributed by atoms with Crippen LogP contribution < -0.4 is 20.3 Å². The maximum atomic E-state index is 13.1. The van der Waals surface area contributed by atoms with E-state index >= 15 is 0 Å². The molecule has 0 saturated carbocycles. The molecule has 11 heteroatoms. The quantitative estimate of drug-likeness (QED) is 0.529. The number of rotatable bonds is 7. The summed E-state index contributed by atoms with van der Waals surface area (Å²) < 4.78 is 39.3. The lowest BCUT2D eigenvalue weighted by Gasteiger charge is -2.29. The minimum Gasteiger partial charge on any atom is -0.497 e. The molecule has 1 aromatic heterocycles. The third kappa shape index (κ3) is 5.15. The Labute approximate surface area is 203 Å². The second-order valence-electron chi connectivity index (χ2n) is 8.56. The molecule has 1 amide bonds. The van der Waals surface area contributed by atoms with Crippen molar-refractivity contribution < 1.29 is 22.7 Å². The van der Waals surface area contributed by atoms with Crippen molar-refractivity contribution in [3.63, 3.8) is 0 Å². The van der Waals surface area contributed by atoms with Crippen LogP contribution in [-0.4, -0.2) is 55.5 Å². The van der Waals surface area contributed by atoms with E-state index in [1.807, 2.05) is 0 Å². The summed E-state index contributed by atoms with van der Waals surface area (Å²) in [6.07, 6.45) is 2.87. The number of ether oxygens (including phenoxy) is 2. The molecule has 4 rings (SSSR count). The van der Waals surface area contributed by atoms with E-state index in [4.69, 9.17) is 9.47 Å². The van der Waals surface area contributed by atoms with E-state index in [0.717, 1.165) is 17.4 Å². The number of fused-ring (bicyclic) bond motifs is 1. The van der Waals surface area contributed by atoms with Gasteiger partial charge in [-0.05, 0) is 49.1 Å². The number of nitrogens with zero attached hydrogens (tertiary/aromatic N) is 3. The number of aromatic nitrogens is 2. The van der Waals surface area contributed by atoms with Crippen LogP contribution in [0.5, 0.6) is 11.5 Å². The van der Waals surface area contributed by atoms with Gasteiger partial charge in [-0.15, -0.1) is 0 Å². The van der Waals surface area contributed by atoms with Gasteiger partial charge >= 0.3 is 0 Å².